The first-order valence-electron chi connectivity index (χ1n) is 5.35. The van der Waals surface area contributed by atoms with Gasteiger partial charge in [-0.25, -0.2) is 4.79 Å². The summed E-state index contributed by atoms with van der Waals surface area (Å²) < 4.78 is 15.2. The molecule has 2 N–H and O–H groups in total. The zero-order chi connectivity index (χ0) is 12.8. The quantitative estimate of drug-likeness (QED) is 0.624. The first-order chi connectivity index (χ1) is 8.08. The Morgan fingerprint density at radius 3 is 2.71 bits per heavy atom. The van der Waals surface area contributed by atoms with E-state index in [2.05, 4.69) is 0 Å². The lowest BCUT2D eigenvalue weighted by Gasteiger charge is -2.14. The number of hydrogen-bond donors (Lipinski definition) is 1. The van der Waals surface area contributed by atoms with Gasteiger partial charge in [-0.2, -0.15) is 0 Å². The number of ether oxygens (including phenoxy) is 3. The molecule has 94 valence electrons. The summed E-state index contributed by atoms with van der Waals surface area (Å²) >= 11 is 0. The maximum absolute atomic E-state index is 11.4. The maximum atomic E-state index is 11.4. The molecule has 1 atom stereocenters. The molecule has 0 saturated carbocycles. The van der Waals surface area contributed by atoms with Crippen molar-refractivity contribution in [2.45, 2.75) is 20.0 Å². The molecule has 0 amide bonds. The molecule has 0 aromatic heterocycles. The summed E-state index contributed by atoms with van der Waals surface area (Å²) in [5.41, 5.74) is 6.18. The molecule has 0 spiro atoms. The number of methoxy groups -OCH3 is 1. The van der Waals surface area contributed by atoms with Crippen LogP contribution in [-0.2, 0) is 9.53 Å². The highest BCUT2D eigenvalue weighted by Gasteiger charge is 2.16. The number of rotatable bonds is 5. The standard InChI is InChI=1S/C12H17NO4/c1-4-16-12(14)8(2)17-9-5-6-11(15-3)10(13)7-9/h5-8H,4,13H2,1-3H3. The number of carbonyl (C=O) groups excluding carboxylic acids is 1. The summed E-state index contributed by atoms with van der Waals surface area (Å²) in [6.07, 6.45) is -0.664. The fraction of sp³-hybridized carbons (Fsp3) is 0.417. The monoisotopic (exact) mass is 239 g/mol. The molecule has 17 heavy (non-hydrogen) atoms. The molecular formula is C12H17NO4. The lowest BCUT2D eigenvalue weighted by Crippen LogP contribution is -2.26. The molecule has 1 unspecified atom stereocenters. The minimum atomic E-state index is -0.664. The predicted octanol–water partition coefficient (Wildman–Crippen LogP) is 1.61. The normalized spacial score (nSPS) is 11.7. The molecule has 0 heterocycles. The summed E-state index contributed by atoms with van der Waals surface area (Å²) in [4.78, 5) is 11.4. The van der Waals surface area contributed by atoms with E-state index >= 15 is 0 Å². The predicted molar refractivity (Wildman–Crippen MR) is 64.1 cm³/mol. The van der Waals surface area contributed by atoms with Gasteiger partial charge in [0.2, 0.25) is 0 Å². The fourth-order valence-electron chi connectivity index (χ4n) is 1.30. The van der Waals surface area contributed by atoms with Gasteiger partial charge >= 0.3 is 5.97 Å². The topological polar surface area (TPSA) is 70.8 Å². The van der Waals surface area contributed by atoms with Gasteiger partial charge < -0.3 is 19.9 Å². The van der Waals surface area contributed by atoms with Crippen molar-refractivity contribution in [3.05, 3.63) is 18.2 Å². The third-order valence-electron chi connectivity index (χ3n) is 2.13. The molecular weight excluding hydrogens is 222 g/mol. The van der Waals surface area contributed by atoms with Crippen molar-refractivity contribution < 1.29 is 19.0 Å². The number of carbonyl (C=O) groups is 1. The largest absolute Gasteiger partial charge is 0.495 e. The van der Waals surface area contributed by atoms with Gasteiger partial charge in [-0.1, -0.05) is 0 Å². The van der Waals surface area contributed by atoms with Crippen molar-refractivity contribution in [3.63, 3.8) is 0 Å². The Morgan fingerprint density at radius 1 is 1.47 bits per heavy atom. The van der Waals surface area contributed by atoms with E-state index in [4.69, 9.17) is 19.9 Å². The second-order valence-electron chi connectivity index (χ2n) is 3.42. The molecule has 5 heteroatoms. The first kappa shape index (κ1) is 13.2. The second-order valence-corrected chi connectivity index (χ2v) is 3.42. The Morgan fingerprint density at radius 2 is 2.18 bits per heavy atom. The molecule has 1 aromatic rings. The van der Waals surface area contributed by atoms with E-state index in [1.807, 2.05) is 0 Å². The number of esters is 1. The van der Waals surface area contributed by atoms with Gasteiger partial charge in [0, 0.05) is 6.07 Å². The van der Waals surface area contributed by atoms with E-state index in [1.54, 1.807) is 32.0 Å². The second kappa shape index (κ2) is 5.98. The van der Waals surface area contributed by atoms with Crippen LogP contribution >= 0.6 is 0 Å². The van der Waals surface area contributed by atoms with Crippen molar-refractivity contribution in [1.82, 2.24) is 0 Å². The third-order valence-corrected chi connectivity index (χ3v) is 2.13. The van der Waals surface area contributed by atoms with Gasteiger partial charge in [0.25, 0.3) is 0 Å². The summed E-state index contributed by atoms with van der Waals surface area (Å²) in [5, 5.41) is 0. The zero-order valence-corrected chi connectivity index (χ0v) is 10.2. The van der Waals surface area contributed by atoms with Crippen LogP contribution in [0.5, 0.6) is 11.5 Å². The van der Waals surface area contributed by atoms with E-state index < -0.39 is 12.1 Å². The molecule has 0 aliphatic rings. The van der Waals surface area contributed by atoms with Crippen LogP contribution < -0.4 is 15.2 Å². The van der Waals surface area contributed by atoms with Crippen LogP contribution in [0.2, 0.25) is 0 Å². The van der Waals surface area contributed by atoms with Gasteiger partial charge in [-0.05, 0) is 26.0 Å². The van der Waals surface area contributed by atoms with E-state index in [9.17, 15) is 4.79 Å². The van der Waals surface area contributed by atoms with Gasteiger partial charge in [0.1, 0.15) is 11.5 Å². The number of hydrogen-bond acceptors (Lipinski definition) is 5. The highest BCUT2D eigenvalue weighted by atomic mass is 16.6. The number of anilines is 1. The van der Waals surface area contributed by atoms with Crippen LogP contribution in [0.1, 0.15) is 13.8 Å². The molecule has 1 aromatic carbocycles. The van der Waals surface area contributed by atoms with Crippen molar-refractivity contribution in [3.8, 4) is 11.5 Å². The van der Waals surface area contributed by atoms with Crippen molar-refractivity contribution in [2.24, 2.45) is 0 Å². The summed E-state index contributed by atoms with van der Waals surface area (Å²) in [6, 6.07) is 4.97. The van der Waals surface area contributed by atoms with E-state index in [-0.39, 0.29) is 0 Å². The lowest BCUT2D eigenvalue weighted by molar-refractivity contribution is -0.150. The Bertz CT molecular complexity index is 392. The minimum Gasteiger partial charge on any atom is -0.495 e. The van der Waals surface area contributed by atoms with E-state index in [0.29, 0.717) is 23.8 Å². The first-order valence-corrected chi connectivity index (χ1v) is 5.35. The summed E-state index contributed by atoms with van der Waals surface area (Å²) in [5.74, 6) is 0.673. The highest BCUT2D eigenvalue weighted by molar-refractivity contribution is 5.74. The summed E-state index contributed by atoms with van der Waals surface area (Å²) in [7, 11) is 1.54. The third kappa shape index (κ3) is 3.55. The van der Waals surface area contributed by atoms with Crippen molar-refractivity contribution in [1.29, 1.82) is 0 Å². The molecule has 5 nitrogen and oxygen atoms in total. The average Bonchev–Trinajstić information content (AvgIpc) is 2.29. The van der Waals surface area contributed by atoms with E-state index in [1.165, 1.54) is 7.11 Å². The van der Waals surface area contributed by atoms with Crippen LogP contribution in [0.25, 0.3) is 0 Å². The Hall–Kier alpha value is -1.91. The number of nitrogen functional groups attached to an aromatic ring is 1. The smallest absolute Gasteiger partial charge is 0.347 e. The zero-order valence-electron chi connectivity index (χ0n) is 10.2. The molecule has 1 rings (SSSR count). The van der Waals surface area contributed by atoms with Crippen molar-refractivity contribution >= 4 is 11.7 Å². The van der Waals surface area contributed by atoms with Gasteiger partial charge in [-0.15, -0.1) is 0 Å². The lowest BCUT2D eigenvalue weighted by atomic mass is 10.3. The Labute approximate surface area is 100 Å². The maximum Gasteiger partial charge on any atom is 0.347 e. The fourth-order valence-corrected chi connectivity index (χ4v) is 1.30. The van der Waals surface area contributed by atoms with E-state index in [0.717, 1.165) is 0 Å². The molecule has 0 radical (unpaired) electrons. The highest BCUT2D eigenvalue weighted by Crippen LogP contribution is 2.26. The van der Waals surface area contributed by atoms with Crippen molar-refractivity contribution in [2.75, 3.05) is 19.5 Å². The van der Waals surface area contributed by atoms with Gasteiger partial charge in [0.05, 0.1) is 19.4 Å². The molecule has 0 fully saturated rings. The Balaban J connectivity index is 2.68. The molecule has 0 saturated heterocycles. The van der Waals surface area contributed by atoms with Gasteiger partial charge in [-0.3, -0.25) is 0 Å². The van der Waals surface area contributed by atoms with Crippen LogP contribution in [0.4, 0.5) is 5.69 Å². The van der Waals surface area contributed by atoms with Crippen LogP contribution in [0.15, 0.2) is 18.2 Å². The molecule has 0 aliphatic heterocycles. The summed E-state index contributed by atoms with van der Waals surface area (Å²) in [6.45, 7) is 3.70. The molecule has 0 aliphatic carbocycles. The SMILES string of the molecule is CCOC(=O)C(C)Oc1ccc(OC)c(N)c1. The Kier molecular flexibility index (Phi) is 4.63. The van der Waals surface area contributed by atoms with Crippen LogP contribution in [0.3, 0.4) is 0 Å². The number of benzene rings is 1. The number of nitrogens with two attached hydrogens (primary N) is 1. The van der Waals surface area contributed by atoms with Crippen LogP contribution in [-0.4, -0.2) is 25.8 Å². The average molecular weight is 239 g/mol. The molecule has 0 bridgehead atoms. The van der Waals surface area contributed by atoms with Gasteiger partial charge in [0.15, 0.2) is 6.10 Å². The minimum absolute atomic E-state index is 0.331. The van der Waals surface area contributed by atoms with Crippen LogP contribution in [0, 0.1) is 0 Å².